The van der Waals surface area contributed by atoms with Gasteiger partial charge in [-0.1, -0.05) is 78.9 Å². The van der Waals surface area contributed by atoms with Crippen molar-refractivity contribution in [2.75, 3.05) is 13.7 Å². The third-order valence-electron chi connectivity index (χ3n) is 6.89. The summed E-state index contributed by atoms with van der Waals surface area (Å²) in [7, 11) is 1.62. The summed E-state index contributed by atoms with van der Waals surface area (Å²) in [6.07, 6.45) is 0.974. The van der Waals surface area contributed by atoms with Crippen molar-refractivity contribution in [3.05, 3.63) is 131 Å². The van der Waals surface area contributed by atoms with Crippen molar-refractivity contribution in [1.29, 1.82) is 5.26 Å². The van der Waals surface area contributed by atoms with Gasteiger partial charge in [0.25, 0.3) is 5.91 Å². The van der Waals surface area contributed by atoms with Gasteiger partial charge in [-0.2, -0.15) is 5.26 Å². The highest BCUT2D eigenvalue weighted by atomic mass is 16.5. The predicted octanol–water partition coefficient (Wildman–Crippen LogP) is 5.93. The fraction of sp³-hybridized carbons (Fsp3) is 0.188. The molecular formula is C32H28N2O3. The number of hydrogen-bond donors (Lipinski definition) is 0. The summed E-state index contributed by atoms with van der Waals surface area (Å²) in [5.41, 5.74) is 3.12. The Morgan fingerprint density at radius 3 is 2.14 bits per heavy atom. The number of ether oxygens (including phenoxy) is 2. The molecule has 4 aromatic rings. The van der Waals surface area contributed by atoms with Gasteiger partial charge in [0, 0.05) is 18.5 Å². The number of benzene rings is 4. The number of fused-ring (bicyclic) bond motifs is 1. The number of nitrogens with zero attached hydrogens (tertiary/aromatic N) is 2. The van der Waals surface area contributed by atoms with Gasteiger partial charge in [0.15, 0.2) is 17.0 Å². The topological polar surface area (TPSA) is 62.6 Å². The lowest BCUT2D eigenvalue weighted by molar-refractivity contribution is 0.0550. The molecule has 5 nitrogen and oxygen atoms in total. The van der Waals surface area contributed by atoms with Crippen LogP contribution in [0.15, 0.2) is 103 Å². The van der Waals surface area contributed by atoms with Gasteiger partial charge < -0.3 is 14.4 Å². The standard InChI is InChI=1S/C32H28N2O3/c1-36-29-19-27-17-18-34(31(35)26-15-9-4-10-16-26)32(23-33,21-24-11-5-2-6-12-24)28(27)20-30(29)37-22-25-13-7-3-8-14-25/h2-16,19-20H,17-18,21-22H2,1H3. The second-order valence-electron chi connectivity index (χ2n) is 9.14. The average Bonchev–Trinajstić information content (AvgIpc) is 2.97. The quantitative estimate of drug-likeness (QED) is 0.323. The number of carbonyl (C=O) groups excluding carboxylic acids is 1. The summed E-state index contributed by atoms with van der Waals surface area (Å²) in [4.78, 5) is 15.5. The Morgan fingerprint density at radius 2 is 1.51 bits per heavy atom. The Labute approximate surface area is 217 Å². The fourth-order valence-electron chi connectivity index (χ4n) is 5.02. The first-order chi connectivity index (χ1) is 18.1. The second-order valence-corrected chi connectivity index (χ2v) is 9.14. The normalized spacial score (nSPS) is 16.4. The molecule has 0 saturated carbocycles. The fourth-order valence-corrected chi connectivity index (χ4v) is 5.02. The zero-order valence-electron chi connectivity index (χ0n) is 20.8. The van der Waals surface area contributed by atoms with Crippen molar-refractivity contribution in [3.8, 4) is 17.6 Å². The van der Waals surface area contributed by atoms with Gasteiger partial charge in [0.05, 0.1) is 13.2 Å². The number of methoxy groups -OCH3 is 1. The van der Waals surface area contributed by atoms with Crippen LogP contribution in [0.25, 0.3) is 0 Å². The third-order valence-corrected chi connectivity index (χ3v) is 6.89. The van der Waals surface area contributed by atoms with E-state index >= 15 is 0 Å². The van der Waals surface area contributed by atoms with E-state index in [-0.39, 0.29) is 5.91 Å². The highest BCUT2D eigenvalue weighted by Gasteiger charge is 2.46. The summed E-state index contributed by atoms with van der Waals surface area (Å²) in [6.45, 7) is 0.787. The van der Waals surface area contributed by atoms with E-state index in [4.69, 9.17) is 9.47 Å². The lowest BCUT2D eigenvalue weighted by atomic mass is 9.76. The Hall–Kier alpha value is -4.56. The van der Waals surface area contributed by atoms with E-state index < -0.39 is 5.54 Å². The maximum absolute atomic E-state index is 13.8. The van der Waals surface area contributed by atoms with E-state index in [0.29, 0.717) is 43.1 Å². The van der Waals surface area contributed by atoms with E-state index in [1.807, 2.05) is 91.0 Å². The molecule has 1 aliphatic rings. The number of carbonyl (C=O) groups is 1. The van der Waals surface area contributed by atoms with E-state index in [2.05, 4.69) is 6.07 Å². The minimum atomic E-state index is -1.21. The van der Waals surface area contributed by atoms with Crippen molar-refractivity contribution >= 4 is 5.91 Å². The molecule has 5 heteroatoms. The van der Waals surface area contributed by atoms with Crippen LogP contribution in [-0.2, 0) is 25.0 Å². The summed E-state index contributed by atoms with van der Waals surface area (Å²) in [5, 5.41) is 10.8. The van der Waals surface area contributed by atoms with E-state index in [9.17, 15) is 10.1 Å². The highest BCUT2D eigenvalue weighted by Crippen LogP contribution is 2.44. The molecular weight excluding hydrogens is 460 g/mol. The van der Waals surface area contributed by atoms with Crippen LogP contribution in [0.5, 0.6) is 11.5 Å². The molecule has 0 saturated heterocycles. The van der Waals surface area contributed by atoms with Crippen LogP contribution in [0, 0.1) is 11.3 Å². The Kier molecular flexibility index (Phi) is 6.91. The Balaban J connectivity index is 1.62. The van der Waals surface area contributed by atoms with E-state index in [1.54, 1.807) is 24.1 Å². The molecule has 5 rings (SSSR count). The smallest absolute Gasteiger partial charge is 0.255 e. The molecule has 37 heavy (non-hydrogen) atoms. The van der Waals surface area contributed by atoms with Gasteiger partial charge in [0.2, 0.25) is 0 Å². The van der Waals surface area contributed by atoms with Crippen LogP contribution in [0.3, 0.4) is 0 Å². The maximum atomic E-state index is 13.8. The van der Waals surface area contributed by atoms with Crippen molar-refractivity contribution in [2.45, 2.75) is 25.0 Å². The summed E-state index contributed by atoms with van der Waals surface area (Å²) in [5.74, 6) is 1.00. The third kappa shape index (κ3) is 4.79. The first-order valence-electron chi connectivity index (χ1n) is 12.3. The summed E-state index contributed by atoms with van der Waals surface area (Å²) >= 11 is 0. The molecule has 1 amide bonds. The molecule has 4 aromatic carbocycles. The number of rotatable bonds is 7. The highest BCUT2D eigenvalue weighted by molar-refractivity contribution is 5.95. The van der Waals surface area contributed by atoms with Crippen LogP contribution in [0.1, 0.15) is 32.6 Å². The summed E-state index contributed by atoms with van der Waals surface area (Å²) < 4.78 is 11.9. The molecule has 1 atom stereocenters. The van der Waals surface area contributed by atoms with Crippen LogP contribution in [0.4, 0.5) is 0 Å². The first kappa shape index (κ1) is 24.1. The first-order valence-corrected chi connectivity index (χ1v) is 12.3. The molecule has 0 radical (unpaired) electrons. The largest absolute Gasteiger partial charge is 0.493 e. The zero-order valence-corrected chi connectivity index (χ0v) is 20.8. The van der Waals surface area contributed by atoms with Crippen molar-refractivity contribution < 1.29 is 14.3 Å². The molecule has 0 aliphatic carbocycles. The monoisotopic (exact) mass is 488 g/mol. The molecule has 0 N–H and O–H groups in total. The molecule has 1 heterocycles. The van der Waals surface area contributed by atoms with Gasteiger partial charge in [-0.15, -0.1) is 0 Å². The molecule has 1 unspecified atom stereocenters. The van der Waals surface area contributed by atoms with Gasteiger partial charge in [-0.3, -0.25) is 4.79 Å². The Bertz CT molecular complexity index is 1420. The molecule has 184 valence electrons. The molecule has 0 aromatic heterocycles. The molecule has 0 spiro atoms. The van der Waals surface area contributed by atoms with Gasteiger partial charge in [-0.05, 0) is 52.9 Å². The SMILES string of the molecule is COc1cc2c(cc1OCc1ccccc1)C(C#N)(Cc1ccccc1)N(C(=O)c1ccccc1)CC2. The number of hydrogen-bond acceptors (Lipinski definition) is 4. The van der Waals surface area contributed by atoms with E-state index in [1.165, 1.54) is 0 Å². The van der Waals surface area contributed by atoms with Crippen molar-refractivity contribution in [1.82, 2.24) is 4.90 Å². The summed E-state index contributed by atoms with van der Waals surface area (Å²) in [6, 6.07) is 35.3. The molecule has 0 bridgehead atoms. The lowest BCUT2D eigenvalue weighted by Gasteiger charge is -2.44. The van der Waals surface area contributed by atoms with Crippen LogP contribution in [-0.4, -0.2) is 24.5 Å². The van der Waals surface area contributed by atoms with Gasteiger partial charge in [-0.25, -0.2) is 0 Å². The lowest BCUT2D eigenvalue weighted by Crippen LogP contribution is -2.54. The van der Waals surface area contributed by atoms with Crippen molar-refractivity contribution in [3.63, 3.8) is 0 Å². The zero-order chi connectivity index (χ0) is 25.7. The maximum Gasteiger partial charge on any atom is 0.255 e. The average molecular weight is 489 g/mol. The molecule has 0 fully saturated rings. The second kappa shape index (κ2) is 10.6. The predicted molar refractivity (Wildman–Crippen MR) is 142 cm³/mol. The van der Waals surface area contributed by atoms with Crippen LogP contribution in [0.2, 0.25) is 0 Å². The van der Waals surface area contributed by atoms with Crippen LogP contribution >= 0.6 is 0 Å². The minimum Gasteiger partial charge on any atom is -0.493 e. The molecule has 1 aliphatic heterocycles. The van der Waals surface area contributed by atoms with E-state index in [0.717, 1.165) is 22.3 Å². The van der Waals surface area contributed by atoms with Crippen molar-refractivity contribution in [2.24, 2.45) is 0 Å². The number of amides is 1. The number of nitriles is 1. The Morgan fingerprint density at radius 1 is 0.892 bits per heavy atom. The van der Waals surface area contributed by atoms with Crippen LogP contribution < -0.4 is 9.47 Å². The van der Waals surface area contributed by atoms with Gasteiger partial charge in [0.1, 0.15) is 6.61 Å². The van der Waals surface area contributed by atoms with Gasteiger partial charge >= 0.3 is 0 Å². The minimum absolute atomic E-state index is 0.161.